The third kappa shape index (κ3) is 1.21. The number of fused-ring (bicyclic) bond motifs is 3. The molecule has 2 fully saturated rings. The molecule has 18 heavy (non-hydrogen) atoms. The van der Waals surface area contributed by atoms with Crippen molar-refractivity contribution in [2.75, 3.05) is 6.61 Å². The first kappa shape index (κ1) is 12.6. The van der Waals surface area contributed by atoms with E-state index in [0.717, 1.165) is 18.4 Å². The van der Waals surface area contributed by atoms with Crippen molar-refractivity contribution in [2.45, 2.75) is 51.7 Å². The standard InChI is InChI=1S/C15H24O3/c1-13(2)7-9-6-10(8-16)15(18)5-4-14(15,3)11(9)12(13)17/h6,9,11-12,16-18H,4-5,7-8H2,1-3H3/t9-,11-,12-,14-,15-/m1/s1. The van der Waals surface area contributed by atoms with Gasteiger partial charge in [-0.2, -0.15) is 0 Å². The van der Waals surface area contributed by atoms with Gasteiger partial charge in [0.2, 0.25) is 0 Å². The van der Waals surface area contributed by atoms with Crippen LogP contribution in [0.5, 0.6) is 0 Å². The fourth-order valence-electron chi connectivity index (χ4n) is 4.86. The molecule has 0 aliphatic heterocycles. The SMILES string of the molecule is CC1(C)C[C@H]2C=C(CO)[C@]3(O)CC[C@]3(C)[C@H]2[C@H]1O. The lowest BCUT2D eigenvalue weighted by molar-refractivity contribution is -0.196. The van der Waals surface area contributed by atoms with Crippen molar-refractivity contribution < 1.29 is 15.3 Å². The molecule has 3 rings (SSSR count). The first-order valence-electron chi connectivity index (χ1n) is 6.99. The van der Waals surface area contributed by atoms with Crippen molar-refractivity contribution >= 4 is 0 Å². The number of allylic oxidation sites excluding steroid dienone is 1. The smallest absolute Gasteiger partial charge is 0.0936 e. The Kier molecular flexibility index (Phi) is 2.38. The molecule has 102 valence electrons. The zero-order chi connectivity index (χ0) is 13.3. The molecular weight excluding hydrogens is 228 g/mol. The zero-order valence-corrected chi connectivity index (χ0v) is 11.5. The summed E-state index contributed by atoms with van der Waals surface area (Å²) in [5.41, 5.74) is -0.472. The molecule has 5 atom stereocenters. The van der Waals surface area contributed by atoms with Crippen LogP contribution in [0.25, 0.3) is 0 Å². The van der Waals surface area contributed by atoms with E-state index in [4.69, 9.17) is 0 Å². The van der Waals surface area contributed by atoms with Crippen LogP contribution in [-0.4, -0.2) is 33.6 Å². The fraction of sp³-hybridized carbons (Fsp3) is 0.867. The van der Waals surface area contributed by atoms with E-state index in [9.17, 15) is 15.3 Å². The van der Waals surface area contributed by atoms with Crippen LogP contribution in [0.1, 0.15) is 40.0 Å². The van der Waals surface area contributed by atoms with E-state index in [1.807, 2.05) is 6.08 Å². The normalized spacial score (nSPS) is 53.2. The maximum absolute atomic E-state index is 10.8. The molecule has 0 amide bonds. The van der Waals surface area contributed by atoms with Crippen molar-refractivity contribution in [2.24, 2.45) is 22.7 Å². The summed E-state index contributed by atoms with van der Waals surface area (Å²) in [5.74, 6) is 0.421. The highest BCUT2D eigenvalue weighted by Gasteiger charge is 2.68. The Morgan fingerprint density at radius 2 is 1.94 bits per heavy atom. The molecular formula is C15H24O3. The van der Waals surface area contributed by atoms with E-state index >= 15 is 0 Å². The summed E-state index contributed by atoms with van der Waals surface area (Å²) >= 11 is 0. The van der Waals surface area contributed by atoms with Gasteiger partial charge in [0.25, 0.3) is 0 Å². The molecule has 0 heterocycles. The van der Waals surface area contributed by atoms with Crippen molar-refractivity contribution in [3.05, 3.63) is 11.6 Å². The molecule has 2 saturated carbocycles. The number of aliphatic hydroxyl groups excluding tert-OH is 2. The van der Waals surface area contributed by atoms with Crippen LogP contribution in [0.3, 0.4) is 0 Å². The van der Waals surface area contributed by atoms with Crippen molar-refractivity contribution in [1.82, 2.24) is 0 Å². The Labute approximate surface area is 109 Å². The van der Waals surface area contributed by atoms with Gasteiger partial charge >= 0.3 is 0 Å². The fourth-order valence-corrected chi connectivity index (χ4v) is 4.86. The van der Waals surface area contributed by atoms with E-state index in [1.54, 1.807) is 0 Å². The maximum Gasteiger partial charge on any atom is 0.0936 e. The summed E-state index contributed by atoms with van der Waals surface area (Å²) < 4.78 is 0. The molecule has 0 aromatic rings. The quantitative estimate of drug-likeness (QED) is 0.619. The molecule has 0 radical (unpaired) electrons. The van der Waals surface area contributed by atoms with E-state index in [-0.39, 0.29) is 29.5 Å². The molecule has 3 heteroatoms. The number of hydrogen-bond donors (Lipinski definition) is 3. The third-order valence-corrected chi connectivity index (χ3v) is 6.17. The van der Waals surface area contributed by atoms with Crippen LogP contribution < -0.4 is 0 Å². The Morgan fingerprint density at radius 3 is 2.44 bits per heavy atom. The van der Waals surface area contributed by atoms with Gasteiger partial charge in [-0.25, -0.2) is 0 Å². The van der Waals surface area contributed by atoms with Crippen molar-refractivity contribution in [3.8, 4) is 0 Å². The molecule has 3 N–H and O–H groups in total. The molecule has 3 nitrogen and oxygen atoms in total. The summed E-state index contributed by atoms with van der Waals surface area (Å²) in [6.07, 6.45) is 4.27. The minimum Gasteiger partial charge on any atom is -0.392 e. The van der Waals surface area contributed by atoms with Gasteiger partial charge in [-0.1, -0.05) is 26.8 Å². The molecule has 3 aliphatic carbocycles. The second-order valence-corrected chi connectivity index (χ2v) is 7.45. The molecule has 0 unspecified atom stereocenters. The summed E-state index contributed by atoms with van der Waals surface area (Å²) in [6, 6.07) is 0. The monoisotopic (exact) mass is 252 g/mol. The Hall–Kier alpha value is -0.380. The van der Waals surface area contributed by atoms with Crippen LogP contribution in [0.4, 0.5) is 0 Å². The Bertz CT molecular complexity index is 414. The second-order valence-electron chi connectivity index (χ2n) is 7.45. The topological polar surface area (TPSA) is 60.7 Å². The van der Waals surface area contributed by atoms with Gasteiger partial charge in [-0.15, -0.1) is 0 Å². The van der Waals surface area contributed by atoms with Crippen LogP contribution in [0.2, 0.25) is 0 Å². The summed E-state index contributed by atoms with van der Waals surface area (Å²) in [7, 11) is 0. The molecule has 0 aromatic heterocycles. The Morgan fingerprint density at radius 1 is 1.28 bits per heavy atom. The number of hydrogen-bond acceptors (Lipinski definition) is 3. The van der Waals surface area contributed by atoms with Crippen LogP contribution in [0.15, 0.2) is 11.6 Å². The van der Waals surface area contributed by atoms with Gasteiger partial charge < -0.3 is 15.3 Å². The van der Waals surface area contributed by atoms with Crippen molar-refractivity contribution in [1.29, 1.82) is 0 Å². The van der Waals surface area contributed by atoms with E-state index < -0.39 is 5.60 Å². The first-order chi connectivity index (χ1) is 8.26. The lowest BCUT2D eigenvalue weighted by Crippen LogP contribution is -2.65. The Balaban J connectivity index is 2.08. The summed E-state index contributed by atoms with van der Waals surface area (Å²) in [6.45, 7) is 6.22. The summed E-state index contributed by atoms with van der Waals surface area (Å²) in [4.78, 5) is 0. The van der Waals surface area contributed by atoms with Gasteiger partial charge in [0.05, 0.1) is 18.3 Å². The van der Waals surface area contributed by atoms with Gasteiger partial charge in [0.15, 0.2) is 0 Å². The molecule has 0 spiro atoms. The van der Waals surface area contributed by atoms with Gasteiger partial charge in [-0.3, -0.25) is 0 Å². The van der Waals surface area contributed by atoms with Gasteiger partial charge in [-0.05, 0) is 36.2 Å². The first-order valence-corrected chi connectivity index (χ1v) is 6.99. The third-order valence-electron chi connectivity index (χ3n) is 6.17. The highest BCUT2D eigenvalue weighted by atomic mass is 16.3. The van der Waals surface area contributed by atoms with Crippen LogP contribution >= 0.6 is 0 Å². The second kappa shape index (κ2) is 3.38. The lowest BCUT2D eigenvalue weighted by Gasteiger charge is -2.62. The van der Waals surface area contributed by atoms with Gasteiger partial charge in [0, 0.05) is 11.3 Å². The highest BCUT2D eigenvalue weighted by Crippen LogP contribution is 2.67. The zero-order valence-electron chi connectivity index (χ0n) is 11.5. The number of rotatable bonds is 1. The minimum atomic E-state index is -0.885. The van der Waals surface area contributed by atoms with E-state index in [0.29, 0.717) is 12.3 Å². The molecule has 0 bridgehead atoms. The average molecular weight is 252 g/mol. The van der Waals surface area contributed by atoms with E-state index in [2.05, 4.69) is 20.8 Å². The van der Waals surface area contributed by atoms with Crippen LogP contribution in [0, 0.1) is 22.7 Å². The maximum atomic E-state index is 10.8. The van der Waals surface area contributed by atoms with E-state index in [1.165, 1.54) is 0 Å². The lowest BCUT2D eigenvalue weighted by atomic mass is 9.45. The largest absolute Gasteiger partial charge is 0.392 e. The van der Waals surface area contributed by atoms with Crippen molar-refractivity contribution in [3.63, 3.8) is 0 Å². The average Bonchev–Trinajstić information content (AvgIpc) is 2.53. The van der Waals surface area contributed by atoms with Crippen LogP contribution in [-0.2, 0) is 0 Å². The molecule has 0 saturated heterocycles. The molecule has 0 aromatic carbocycles. The predicted molar refractivity (Wildman–Crippen MR) is 68.8 cm³/mol. The predicted octanol–water partition coefficient (Wildman–Crippen LogP) is 1.47. The summed E-state index contributed by atoms with van der Waals surface area (Å²) in [5, 5.41) is 31.0. The highest BCUT2D eigenvalue weighted by molar-refractivity contribution is 5.35. The minimum absolute atomic E-state index is 0.0637. The molecule has 3 aliphatic rings. The van der Waals surface area contributed by atoms with Gasteiger partial charge in [0.1, 0.15) is 0 Å². The number of aliphatic hydroxyl groups is 3.